The normalized spacial score (nSPS) is 10.7. The molecular weight excluding hydrogens is 192 g/mol. The molecule has 7 heteroatoms. The minimum atomic E-state index is -0.120. The number of fused-ring (bicyclic) bond motifs is 1. The standard InChI is InChI=1S/C7H8N2O5/c1-12-4-3-8(10)5-6(4)14-9(11)7(5)13-2/h3,10H,1-2H3. The minimum Gasteiger partial charge on any atom is -0.494 e. The number of rotatable bonds is 2. The van der Waals surface area contributed by atoms with Crippen molar-refractivity contribution >= 4 is 11.1 Å². The van der Waals surface area contributed by atoms with Crippen molar-refractivity contribution in [2.24, 2.45) is 0 Å². The van der Waals surface area contributed by atoms with Gasteiger partial charge in [-0.2, -0.15) is 4.73 Å². The number of hydrogen-bond acceptors (Lipinski definition) is 5. The molecule has 0 fully saturated rings. The van der Waals surface area contributed by atoms with Crippen molar-refractivity contribution in [1.29, 1.82) is 0 Å². The van der Waals surface area contributed by atoms with Crippen LogP contribution in [0.5, 0.6) is 11.6 Å². The first-order valence-corrected chi connectivity index (χ1v) is 3.74. The third kappa shape index (κ3) is 0.889. The minimum absolute atomic E-state index is 0.120. The maximum absolute atomic E-state index is 11.1. The molecule has 7 nitrogen and oxygen atoms in total. The summed E-state index contributed by atoms with van der Waals surface area (Å²) in [6.45, 7) is 0. The average molecular weight is 200 g/mol. The van der Waals surface area contributed by atoms with E-state index in [0.717, 1.165) is 0 Å². The highest BCUT2D eigenvalue weighted by Crippen LogP contribution is 2.31. The summed E-state index contributed by atoms with van der Waals surface area (Å²) < 4.78 is 15.1. The second kappa shape index (κ2) is 2.72. The van der Waals surface area contributed by atoms with Crippen LogP contribution < -0.4 is 14.4 Å². The summed E-state index contributed by atoms with van der Waals surface area (Å²) in [6.07, 6.45) is 1.27. The van der Waals surface area contributed by atoms with Crippen LogP contribution in [0.3, 0.4) is 0 Å². The van der Waals surface area contributed by atoms with Crippen molar-refractivity contribution in [1.82, 2.24) is 4.73 Å². The predicted molar refractivity (Wildman–Crippen MR) is 43.5 cm³/mol. The van der Waals surface area contributed by atoms with Gasteiger partial charge in [-0.3, -0.25) is 5.21 Å². The van der Waals surface area contributed by atoms with E-state index in [1.165, 1.54) is 20.4 Å². The number of hydrogen-bond donors (Lipinski definition) is 1. The van der Waals surface area contributed by atoms with Gasteiger partial charge in [0.05, 0.1) is 25.3 Å². The zero-order valence-electron chi connectivity index (χ0n) is 7.55. The monoisotopic (exact) mass is 200 g/mol. The summed E-state index contributed by atoms with van der Waals surface area (Å²) in [6, 6.07) is 0. The molecule has 0 aliphatic rings. The van der Waals surface area contributed by atoms with E-state index in [4.69, 9.17) is 14.0 Å². The van der Waals surface area contributed by atoms with Crippen LogP contribution in [-0.2, 0) is 0 Å². The van der Waals surface area contributed by atoms with Gasteiger partial charge in [0.2, 0.25) is 5.52 Å². The lowest BCUT2D eigenvalue weighted by molar-refractivity contribution is -0.791. The Bertz CT molecular complexity index is 472. The van der Waals surface area contributed by atoms with E-state index >= 15 is 0 Å². The van der Waals surface area contributed by atoms with Crippen molar-refractivity contribution < 1.29 is 24.1 Å². The Morgan fingerprint density at radius 2 is 2.21 bits per heavy atom. The lowest BCUT2D eigenvalue weighted by atomic mass is 10.5. The molecule has 0 atom stereocenters. The van der Waals surface area contributed by atoms with E-state index in [1.54, 1.807) is 0 Å². The van der Waals surface area contributed by atoms with Crippen LogP contribution >= 0.6 is 0 Å². The molecule has 0 radical (unpaired) electrons. The average Bonchev–Trinajstić information content (AvgIpc) is 2.63. The molecule has 0 aliphatic heterocycles. The molecule has 0 aliphatic carbocycles. The molecule has 0 unspecified atom stereocenters. The molecule has 76 valence electrons. The Morgan fingerprint density at radius 3 is 2.79 bits per heavy atom. The fourth-order valence-electron chi connectivity index (χ4n) is 1.27. The Labute approximate surface area is 78.2 Å². The highest BCUT2D eigenvalue weighted by Gasteiger charge is 2.25. The molecular formula is C7H8N2O5. The lowest BCUT2D eigenvalue weighted by Gasteiger charge is -1.93. The van der Waals surface area contributed by atoms with Crippen molar-refractivity contribution in [3.63, 3.8) is 0 Å². The molecule has 2 heterocycles. The van der Waals surface area contributed by atoms with Gasteiger partial charge in [0.1, 0.15) is 0 Å². The maximum atomic E-state index is 11.1. The summed E-state index contributed by atoms with van der Waals surface area (Å²) in [5.74, 6) is 0.140. The molecule has 0 saturated carbocycles. The van der Waals surface area contributed by atoms with Gasteiger partial charge in [-0.05, 0) is 0 Å². The van der Waals surface area contributed by atoms with Crippen molar-refractivity contribution in [2.75, 3.05) is 14.2 Å². The van der Waals surface area contributed by atoms with Gasteiger partial charge in [-0.15, -0.1) is 0 Å². The molecule has 1 N–H and O–H groups in total. The van der Waals surface area contributed by atoms with Gasteiger partial charge in [-0.25, -0.2) is 0 Å². The second-order valence-corrected chi connectivity index (χ2v) is 2.58. The van der Waals surface area contributed by atoms with Crippen LogP contribution in [0, 0.1) is 5.21 Å². The first kappa shape index (κ1) is 8.54. The van der Waals surface area contributed by atoms with E-state index in [-0.39, 0.29) is 27.6 Å². The van der Waals surface area contributed by atoms with Crippen LogP contribution in [0.2, 0.25) is 0 Å². The summed E-state index contributed by atoms with van der Waals surface area (Å²) in [7, 11) is 2.71. The molecule has 0 bridgehead atoms. The highest BCUT2D eigenvalue weighted by molar-refractivity contribution is 5.83. The first-order chi connectivity index (χ1) is 6.69. The van der Waals surface area contributed by atoms with Crippen molar-refractivity contribution in [2.45, 2.75) is 0 Å². The zero-order valence-corrected chi connectivity index (χ0v) is 7.55. The number of ether oxygens (including phenoxy) is 2. The molecule has 0 aromatic carbocycles. The predicted octanol–water partition coefficient (Wildman–Crippen LogP) is 0.122. The summed E-state index contributed by atoms with van der Waals surface area (Å²) >= 11 is 0. The number of nitrogens with zero attached hydrogens (tertiary/aromatic N) is 2. The van der Waals surface area contributed by atoms with Crippen LogP contribution in [-0.4, -0.2) is 24.2 Å². The maximum Gasteiger partial charge on any atom is 0.456 e. The zero-order chi connectivity index (χ0) is 10.3. The number of methoxy groups -OCH3 is 2. The van der Waals surface area contributed by atoms with Crippen LogP contribution in [0.25, 0.3) is 11.1 Å². The van der Waals surface area contributed by atoms with Crippen molar-refractivity contribution in [3.05, 3.63) is 11.4 Å². The van der Waals surface area contributed by atoms with E-state index in [9.17, 15) is 10.4 Å². The van der Waals surface area contributed by atoms with E-state index in [2.05, 4.69) is 0 Å². The van der Waals surface area contributed by atoms with Crippen LogP contribution in [0.4, 0.5) is 0 Å². The largest absolute Gasteiger partial charge is 0.494 e. The topological polar surface area (TPSA) is 83.7 Å². The van der Waals surface area contributed by atoms with Gasteiger partial charge >= 0.3 is 5.88 Å². The molecule has 2 aromatic heterocycles. The van der Waals surface area contributed by atoms with E-state index < -0.39 is 0 Å². The third-order valence-corrected chi connectivity index (χ3v) is 1.86. The molecule has 2 rings (SSSR count). The van der Waals surface area contributed by atoms with Gasteiger partial charge in [0.25, 0.3) is 0 Å². The summed E-state index contributed by atoms with van der Waals surface area (Å²) in [4.78, 5) is 0.167. The highest BCUT2D eigenvalue weighted by atomic mass is 16.7. The Kier molecular flexibility index (Phi) is 1.66. The summed E-state index contributed by atoms with van der Waals surface area (Å²) in [5, 5.41) is 20.5. The van der Waals surface area contributed by atoms with E-state index in [0.29, 0.717) is 4.73 Å². The van der Waals surface area contributed by atoms with Gasteiger partial charge < -0.3 is 19.2 Å². The summed E-state index contributed by atoms with van der Waals surface area (Å²) in [5.41, 5.74) is 0.279. The first-order valence-electron chi connectivity index (χ1n) is 3.74. The van der Waals surface area contributed by atoms with Gasteiger partial charge in [0, 0.05) is 0 Å². The Hall–Kier alpha value is -2.05. The van der Waals surface area contributed by atoms with Crippen LogP contribution in [0.15, 0.2) is 10.7 Å². The molecule has 0 spiro atoms. The second-order valence-electron chi connectivity index (χ2n) is 2.58. The smallest absolute Gasteiger partial charge is 0.456 e. The Balaban J connectivity index is 2.81. The third-order valence-electron chi connectivity index (χ3n) is 1.86. The molecule has 14 heavy (non-hydrogen) atoms. The molecule has 2 aromatic rings. The SMILES string of the molecule is COc1cn(O)c2c(OC)[n+]([O-])oc12. The van der Waals surface area contributed by atoms with E-state index in [1.807, 2.05) is 0 Å². The quantitative estimate of drug-likeness (QED) is 0.550. The number of aromatic nitrogens is 2. The van der Waals surface area contributed by atoms with Gasteiger partial charge in [0.15, 0.2) is 11.3 Å². The molecule has 0 amide bonds. The Morgan fingerprint density at radius 1 is 1.50 bits per heavy atom. The fourth-order valence-corrected chi connectivity index (χ4v) is 1.27. The van der Waals surface area contributed by atoms with Gasteiger partial charge in [-0.1, -0.05) is 0 Å². The fraction of sp³-hybridized carbons (Fsp3) is 0.286. The molecule has 0 saturated heterocycles. The lowest BCUT2D eigenvalue weighted by Crippen LogP contribution is -2.24. The van der Waals surface area contributed by atoms with Crippen molar-refractivity contribution in [3.8, 4) is 11.6 Å². The van der Waals surface area contributed by atoms with Crippen LogP contribution in [0.1, 0.15) is 0 Å².